The Hall–Kier alpha value is -3.69. The average Bonchev–Trinajstić information content (AvgIpc) is 2.79. The van der Waals surface area contributed by atoms with Gasteiger partial charge in [0.2, 0.25) is 10.0 Å². The molecule has 3 N–H and O–H groups in total. The van der Waals surface area contributed by atoms with Gasteiger partial charge in [0.05, 0.1) is 22.7 Å². The van der Waals surface area contributed by atoms with Crippen LogP contribution in [0.2, 0.25) is 0 Å². The zero-order chi connectivity index (χ0) is 23.1. The molecule has 0 aliphatic carbocycles. The second kappa shape index (κ2) is 10.1. The molecule has 3 aromatic rings. The highest BCUT2D eigenvalue weighted by atomic mass is 32.2. The molecule has 0 atom stereocenters. The maximum absolute atomic E-state index is 12.6. The van der Waals surface area contributed by atoms with Gasteiger partial charge in [0, 0.05) is 12.7 Å². The first-order chi connectivity index (χ1) is 15.3. The quantitative estimate of drug-likeness (QED) is 0.478. The van der Waals surface area contributed by atoms with Crippen molar-refractivity contribution in [2.75, 3.05) is 18.9 Å². The predicted molar refractivity (Wildman–Crippen MR) is 123 cm³/mol. The van der Waals surface area contributed by atoms with Crippen LogP contribution in [0.1, 0.15) is 15.9 Å². The number of likely N-dealkylation sites (N-methyl/N-ethyl adjacent to an activating group) is 1. The Kier molecular flexibility index (Phi) is 7.24. The van der Waals surface area contributed by atoms with Crippen LogP contribution < -0.4 is 16.2 Å². The molecule has 0 spiro atoms. The molecular weight excluding hydrogens is 428 g/mol. The Labute approximate surface area is 187 Å². The van der Waals surface area contributed by atoms with Crippen molar-refractivity contribution in [1.82, 2.24) is 15.2 Å². The van der Waals surface area contributed by atoms with E-state index in [9.17, 15) is 18.0 Å². The number of hydrogen-bond donors (Lipinski definition) is 3. The largest absolute Gasteiger partial charge is 0.355 e. The number of sulfonamides is 1. The van der Waals surface area contributed by atoms with Crippen LogP contribution in [0.3, 0.4) is 0 Å². The minimum atomic E-state index is -3.83. The van der Waals surface area contributed by atoms with E-state index in [1.54, 1.807) is 36.4 Å². The summed E-state index contributed by atoms with van der Waals surface area (Å²) < 4.78 is 26.1. The van der Waals surface area contributed by atoms with E-state index in [0.29, 0.717) is 11.3 Å². The van der Waals surface area contributed by atoms with E-state index in [1.807, 2.05) is 37.3 Å². The molecule has 0 saturated carbocycles. The normalized spacial score (nSPS) is 11.1. The molecule has 3 aromatic carbocycles. The Morgan fingerprint density at radius 1 is 0.844 bits per heavy atom. The zero-order valence-electron chi connectivity index (χ0n) is 17.7. The second-order valence-electron chi connectivity index (χ2n) is 7.11. The van der Waals surface area contributed by atoms with E-state index in [2.05, 4.69) is 16.2 Å². The number of para-hydroxylation sites is 2. The molecule has 0 unspecified atom stereocenters. The van der Waals surface area contributed by atoms with Crippen LogP contribution in [0, 0.1) is 6.92 Å². The monoisotopic (exact) mass is 452 g/mol. The minimum absolute atomic E-state index is 0.0864. The van der Waals surface area contributed by atoms with Crippen molar-refractivity contribution in [1.29, 1.82) is 0 Å². The highest BCUT2D eigenvalue weighted by Crippen LogP contribution is 2.20. The Morgan fingerprint density at radius 2 is 1.47 bits per heavy atom. The predicted octanol–water partition coefficient (Wildman–Crippen LogP) is 2.82. The third-order valence-electron chi connectivity index (χ3n) is 4.64. The third kappa shape index (κ3) is 5.71. The number of benzene rings is 3. The van der Waals surface area contributed by atoms with E-state index >= 15 is 0 Å². The lowest BCUT2D eigenvalue weighted by molar-refractivity contribution is -0.121. The van der Waals surface area contributed by atoms with Gasteiger partial charge in [-0.25, -0.2) is 8.42 Å². The summed E-state index contributed by atoms with van der Waals surface area (Å²) in [5.41, 5.74) is 7.20. The molecular formula is C23H24N4O4S. The van der Waals surface area contributed by atoms with Crippen molar-refractivity contribution in [3.63, 3.8) is 0 Å². The molecule has 32 heavy (non-hydrogen) atoms. The van der Waals surface area contributed by atoms with Crippen molar-refractivity contribution in [3.8, 4) is 0 Å². The molecule has 0 aromatic heterocycles. The van der Waals surface area contributed by atoms with Gasteiger partial charge in [-0.1, -0.05) is 48.0 Å². The summed E-state index contributed by atoms with van der Waals surface area (Å²) in [7, 11) is -2.53. The molecule has 0 saturated heterocycles. The SMILES string of the molecule is Cc1ccc(S(=O)(=O)N(C)CC(=O)NNC(=O)c2ccccc2Nc2ccccc2)cc1. The molecule has 8 nitrogen and oxygen atoms in total. The van der Waals surface area contributed by atoms with Crippen molar-refractivity contribution in [3.05, 3.63) is 90.0 Å². The number of nitrogens with one attached hydrogen (secondary N) is 3. The summed E-state index contributed by atoms with van der Waals surface area (Å²) in [6.07, 6.45) is 0. The highest BCUT2D eigenvalue weighted by molar-refractivity contribution is 7.89. The Balaban J connectivity index is 1.60. The number of anilines is 2. The van der Waals surface area contributed by atoms with Crippen molar-refractivity contribution >= 4 is 33.2 Å². The molecule has 0 radical (unpaired) electrons. The van der Waals surface area contributed by atoms with Gasteiger partial charge in [0.1, 0.15) is 0 Å². The van der Waals surface area contributed by atoms with E-state index in [4.69, 9.17) is 0 Å². The fourth-order valence-corrected chi connectivity index (χ4v) is 4.00. The number of hydrazine groups is 1. The van der Waals surface area contributed by atoms with Gasteiger partial charge in [-0.2, -0.15) is 4.31 Å². The van der Waals surface area contributed by atoms with E-state index in [1.165, 1.54) is 19.2 Å². The number of hydrogen-bond acceptors (Lipinski definition) is 5. The first-order valence-electron chi connectivity index (χ1n) is 9.80. The maximum Gasteiger partial charge on any atom is 0.271 e. The summed E-state index contributed by atoms with van der Waals surface area (Å²) >= 11 is 0. The fraction of sp³-hybridized carbons (Fsp3) is 0.130. The average molecular weight is 453 g/mol. The van der Waals surface area contributed by atoms with E-state index in [-0.39, 0.29) is 4.90 Å². The van der Waals surface area contributed by atoms with Crippen LogP contribution in [-0.4, -0.2) is 38.1 Å². The lowest BCUT2D eigenvalue weighted by Gasteiger charge is -2.17. The second-order valence-corrected chi connectivity index (χ2v) is 9.16. The molecule has 0 bridgehead atoms. The fourth-order valence-electron chi connectivity index (χ4n) is 2.88. The van der Waals surface area contributed by atoms with E-state index in [0.717, 1.165) is 15.6 Å². The van der Waals surface area contributed by atoms with Crippen LogP contribution in [0.25, 0.3) is 0 Å². The molecule has 0 aliphatic heterocycles. The molecule has 0 aliphatic rings. The molecule has 2 amide bonds. The number of carbonyl (C=O) groups excluding carboxylic acids is 2. The van der Waals surface area contributed by atoms with Crippen molar-refractivity contribution < 1.29 is 18.0 Å². The van der Waals surface area contributed by atoms with Gasteiger partial charge in [-0.15, -0.1) is 0 Å². The molecule has 0 fully saturated rings. The smallest absolute Gasteiger partial charge is 0.271 e. The standard InChI is InChI=1S/C23H24N4O4S/c1-17-12-14-19(15-13-17)32(30,31)27(2)16-22(28)25-26-23(29)20-10-6-7-11-21(20)24-18-8-4-3-5-9-18/h3-15,24H,16H2,1-2H3,(H,25,28)(H,26,29). The van der Waals surface area contributed by atoms with Crippen LogP contribution in [0.5, 0.6) is 0 Å². The first-order valence-corrected chi connectivity index (χ1v) is 11.2. The van der Waals surface area contributed by atoms with Gasteiger partial charge < -0.3 is 5.32 Å². The lowest BCUT2D eigenvalue weighted by Crippen LogP contribution is -2.46. The van der Waals surface area contributed by atoms with Gasteiger partial charge >= 0.3 is 0 Å². The number of rotatable bonds is 7. The first kappa shape index (κ1) is 23.0. The minimum Gasteiger partial charge on any atom is -0.355 e. The van der Waals surface area contributed by atoms with Gasteiger partial charge in [-0.05, 0) is 43.3 Å². The topological polar surface area (TPSA) is 108 Å². The summed E-state index contributed by atoms with van der Waals surface area (Å²) in [6, 6.07) is 22.5. The van der Waals surface area contributed by atoms with Crippen molar-refractivity contribution in [2.24, 2.45) is 0 Å². The zero-order valence-corrected chi connectivity index (χ0v) is 18.5. The van der Waals surface area contributed by atoms with Gasteiger partial charge in [0.15, 0.2) is 0 Å². The van der Waals surface area contributed by atoms with Gasteiger partial charge in [-0.3, -0.25) is 20.4 Å². The number of carbonyl (C=O) groups is 2. The molecule has 3 rings (SSSR count). The molecule has 0 heterocycles. The third-order valence-corrected chi connectivity index (χ3v) is 6.45. The van der Waals surface area contributed by atoms with E-state index < -0.39 is 28.4 Å². The summed E-state index contributed by atoms with van der Waals surface area (Å²) in [6.45, 7) is 1.39. The highest BCUT2D eigenvalue weighted by Gasteiger charge is 2.23. The van der Waals surface area contributed by atoms with Crippen molar-refractivity contribution in [2.45, 2.75) is 11.8 Å². The number of amides is 2. The van der Waals surface area contributed by atoms with Crippen LogP contribution in [-0.2, 0) is 14.8 Å². The van der Waals surface area contributed by atoms with Crippen LogP contribution >= 0.6 is 0 Å². The Bertz CT molecular complexity index is 1200. The van der Waals surface area contributed by atoms with Crippen LogP contribution in [0.4, 0.5) is 11.4 Å². The summed E-state index contributed by atoms with van der Waals surface area (Å²) in [4.78, 5) is 24.9. The number of aryl methyl sites for hydroxylation is 1. The number of nitrogens with zero attached hydrogens (tertiary/aromatic N) is 1. The maximum atomic E-state index is 12.6. The molecule has 9 heteroatoms. The summed E-state index contributed by atoms with van der Waals surface area (Å²) in [5.74, 6) is -1.22. The molecule has 166 valence electrons. The lowest BCUT2D eigenvalue weighted by atomic mass is 10.1. The van der Waals surface area contributed by atoms with Gasteiger partial charge in [0.25, 0.3) is 11.8 Å². The Morgan fingerprint density at radius 3 is 2.16 bits per heavy atom. The van der Waals surface area contributed by atoms with Crippen LogP contribution in [0.15, 0.2) is 83.8 Å². The summed E-state index contributed by atoms with van der Waals surface area (Å²) in [5, 5.41) is 3.15.